The maximum Gasteiger partial charge on any atom is 0.154 e. The molecule has 0 saturated carbocycles. The lowest BCUT2D eigenvalue weighted by Gasteiger charge is -1.93. The van der Waals surface area contributed by atoms with Crippen LogP contribution in [0.1, 0.15) is 0 Å². The number of benzene rings is 1. The Morgan fingerprint density at radius 2 is 1.71 bits per heavy atom. The topological polar surface area (TPSA) is 29.6 Å². The molecule has 0 bridgehead atoms. The molecule has 1 heterocycles. The minimum atomic E-state index is 0.855. The minimum absolute atomic E-state index is 0.855. The number of aryl methyl sites for hydroxylation is 1. The van der Waals surface area contributed by atoms with E-state index in [2.05, 4.69) is 10.2 Å². The third-order valence-electron chi connectivity index (χ3n) is 1.94. The fourth-order valence-electron chi connectivity index (χ4n) is 1.16. The number of azo groups is 1. The lowest BCUT2D eigenvalue weighted by atomic mass is 10.3. The van der Waals surface area contributed by atoms with Gasteiger partial charge in [-0.15, -0.1) is 10.2 Å². The lowest BCUT2D eigenvalue weighted by molar-refractivity contribution is 0.910. The fraction of sp³-hybridized carbons (Fsp3) is 0.0909. The van der Waals surface area contributed by atoms with E-state index in [1.807, 2.05) is 60.3 Å². The number of rotatable bonds is 2. The van der Waals surface area contributed by atoms with Gasteiger partial charge in [-0.3, -0.25) is 0 Å². The van der Waals surface area contributed by atoms with E-state index in [0.29, 0.717) is 0 Å². The molecule has 0 radical (unpaired) electrons. The molecule has 0 saturated heterocycles. The van der Waals surface area contributed by atoms with E-state index < -0.39 is 0 Å². The zero-order chi connectivity index (χ0) is 9.80. The van der Waals surface area contributed by atoms with Crippen molar-refractivity contribution in [2.75, 3.05) is 0 Å². The zero-order valence-corrected chi connectivity index (χ0v) is 7.96. The fourth-order valence-corrected chi connectivity index (χ4v) is 1.16. The molecule has 0 aliphatic heterocycles. The summed E-state index contributed by atoms with van der Waals surface area (Å²) >= 11 is 0. The summed E-state index contributed by atoms with van der Waals surface area (Å²) in [5, 5.41) is 8.24. The quantitative estimate of drug-likeness (QED) is 0.641. The van der Waals surface area contributed by atoms with E-state index in [0.717, 1.165) is 11.5 Å². The first-order chi connectivity index (χ1) is 6.86. The van der Waals surface area contributed by atoms with Gasteiger partial charge in [0.1, 0.15) is 0 Å². The molecule has 0 aliphatic carbocycles. The van der Waals surface area contributed by atoms with Crippen LogP contribution >= 0.6 is 0 Å². The van der Waals surface area contributed by atoms with Crippen LogP contribution in [0.2, 0.25) is 0 Å². The highest BCUT2D eigenvalue weighted by Crippen LogP contribution is 2.16. The third kappa shape index (κ3) is 1.88. The number of hydrogen-bond acceptors (Lipinski definition) is 2. The summed E-state index contributed by atoms with van der Waals surface area (Å²) in [6.07, 6.45) is 1.94. The van der Waals surface area contributed by atoms with Crippen molar-refractivity contribution in [1.29, 1.82) is 0 Å². The van der Waals surface area contributed by atoms with Gasteiger partial charge in [0.05, 0.1) is 5.69 Å². The van der Waals surface area contributed by atoms with Gasteiger partial charge in [-0.05, 0) is 24.3 Å². The predicted octanol–water partition coefficient (Wildman–Crippen LogP) is 3.44. The average Bonchev–Trinajstić information content (AvgIpc) is 2.63. The Morgan fingerprint density at radius 1 is 0.929 bits per heavy atom. The van der Waals surface area contributed by atoms with Crippen LogP contribution in [0.15, 0.2) is 58.9 Å². The number of hydrogen-bond donors (Lipinski definition) is 0. The normalized spacial score (nSPS) is 10.9. The van der Waals surface area contributed by atoms with E-state index in [4.69, 9.17) is 0 Å². The molecular weight excluding hydrogens is 174 g/mol. The van der Waals surface area contributed by atoms with Crippen LogP contribution in [0.3, 0.4) is 0 Å². The predicted molar refractivity (Wildman–Crippen MR) is 56.0 cm³/mol. The smallest absolute Gasteiger partial charge is 0.154 e. The second kappa shape index (κ2) is 3.87. The van der Waals surface area contributed by atoms with Gasteiger partial charge in [-0.2, -0.15) is 0 Å². The Kier molecular flexibility index (Phi) is 2.40. The molecular formula is C11H11N3. The summed E-state index contributed by atoms with van der Waals surface area (Å²) in [5.41, 5.74) is 0.869. The van der Waals surface area contributed by atoms with Gasteiger partial charge < -0.3 is 4.57 Å². The van der Waals surface area contributed by atoms with Crippen molar-refractivity contribution in [2.45, 2.75) is 0 Å². The molecule has 0 amide bonds. The largest absolute Gasteiger partial charge is 0.335 e. The highest BCUT2D eigenvalue weighted by molar-refractivity contribution is 5.36. The van der Waals surface area contributed by atoms with Crippen LogP contribution in [-0.2, 0) is 7.05 Å². The summed E-state index contributed by atoms with van der Waals surface area (Å²) in [6.45, 7) is 0. The highest BCUT2D eigenvalue weighted by atomic mass is 15.2. The Morgan fingerprint density at radius 3 is 2.36 bits per heavy atom. The second-order valence-electron chi connectivity index (χ2n) is 3.01. The molecule has 0 N–H and O–H groups in total. The van der Waals surface area contributed by atoms with Crippen molar-refractivity contribution in [3.63, 3.8) is 0 Å². The van der Waals surface area contributed by atoms with Crippen LogP contribution in [0.5, 0.6) is 0 Å². The van der Waals surface area contributed by atoms with E-state index in [1.54, 1.807) is 0 Å². The maximum absolute atomic E-state index is 4.12. The zero-order valence-electron chi connectivity index (χ0n) is 7.96. The van der Waals surface area contributed by atoms with Crippen LogP contribution < -0.4 is 0 Å². The van der Waals surface area contributed by atoms with E-state index >= 15 is 0 Å². The summed E-state index contributed by atoms with van der Waals surface area (Å²) < 4.78 is 1.92. The molecule has 0 unspecified atom stereocenters. The van der Waals surface area contributed by atoms with Crippen LogP contribution in [0.25, 0.3) is 0 Å². The monoisotopic (exact) mass is 185 g/mol. The maximum atomic E-state index is 4.12. The molecule has 70 valence electrons. The van der Waals surface area contributed by atoms with Gasteiger partial charge in [0, 0.05) is 13.2 Å². The van der Waals surface area contributed by atoms with Crippen molar-refractivity contribution in [1.82, 2.24) is 4.57 Å². The molecule has 1 aromatic heterocycles. The standard InChI is InChI=1S/C11H11N3/c1-14-9-5-8-11(14)13-12-10-6-3-2-4-7-10/h2-9H,1H3. The van der Waals surface area contributed by atoms with Crippen LogP contribution in [-0.4, -0.2) is 4.57 Å². The first-order valence-corrected chi connectivity index (χ1v) is 4.44. The van der Waals surface area contributed by atoms with E-state index in [-0.39, 0.29) is 0 Å². The van der Waals surface area contributed by atoms with Gasteiger partial charge in [0.2, 0.25) is 0 Å². The van der Waals surface area contributed by atoms with Gasteiger partial charge in [0.15, 0.2) is 5.82 Å². The number of aromatic nitrogens is 1. The Hall–Kier alpha value is -1.90. The lowest BCUT2D eigenvalue weighted by Crippen LogP contribution is -1.80. The molecule has 0 atom stereocenters. The summed E-state index contributed by atoms with van der Waals surface area (Å²) in [5.74, 6) is 0.855. The molecule has 0 fully saturated rings. The second-order valence-corrected chi connectivity index (χ2v) is 3.01. The molecule has 0 spiro atoms. The summed E-state index contributed by atoms with van der Waals surface area (Å²) in [6, 6.07) is 13.6. The first-order valence-electron chi connectivity index (χ1n) is 4.44. The third-order valence-corrected chi connectivity index (χ3v) is 1.94. The van der Waals surface area contributed by atoms with Crippen LogP contribution in [0.4, 0.5) is 11.5 Å². The minimum Gasteiger partial charge on any atom is -0.335 e. The Labute approximate surface area is 82.7 Å². The van der Waals surface area contributed by atoms with Gasteiger partial charge in [0.25, 0.3) is 0 Å². The summed E-state index contributed by atoms with van der Waals surface area (Å²) in [4.78, 5) is 0. The van der Waals surface area contributed by atoms with Crippen molar-refractivity contribution in [3.8, 4) is 0 Å². The number of nitrogens with zero attached hydrogens (tertiary/aromatic N) is 3. The van der Waals surface area contributed by atoms with Crippen molar-refractivity contribution >= 4 is 11.5 Å². The molecule has 0 aliphatic rings. The first kappa shape index (κ1) is 8.69. The highest BCUT2D eigenvalue weighted by Gasteiger charge is 1.92. The SMILES string of the molecule is Cn1cccc1N=Nc1ccccc1. The van der Waals surface area contributed by atoms with Crippen LogP contribution in [0, 0.1) is 0 Å². The van der Waals surface area contributed by atoms with Gasteiger partial charge in [-0.25, -0.2) is 0 Å². The van der Waals surface area contributed by atoms with Gasteiger partial charge in [-0.1, -0.05) is 18.2 Å². The molecule has 2 aromatic rings. The molecule has 1 aromatic carbocycles. The van der Waals surface area contributed by atoms with Gasteiger partial charge >= 0.3 is 0 Å². The average molecular weight is 185 g/mol. The van der Waals surface area contributed by atoms with E-state index in [1.165, 1.54) is 0 Å². The Bertz CT molecular complexity index is 429. The van der Waals surface area contributed by atoms with E-state index in [9.17, 15) is 0 Å². The molecule has 2 rings (SSSR count). The molecule has 3 nitrogen and oxygen atoms in total. The summed E-state index contributed by atoms with van der Waals surface area (Å²) in [7, 11) is 1.94. The van der Waals surface area contributed by atoms with Crippen molar-refractivity contribution in [3.05, 3.63) is 48.7 Å². The van der Waals surface area contributed by atoms with Crippen molar-refractivity contribution < 1.29 is 0 Å². The molecule has 3 heteroatoms. The Balaban J connectivity index is 2.20. The molecule has 14 heavy (non-hydrogen) atoms. The van der Waals surface area contributed by atoms with Crippen molar-refractivity contribution in [2.24, 2.45) is 17.3 Å².